The second kappa shape index (κ2) is 6.75. The van der Waals surface area contributed by atoms with E-state index in [9.17, 15) is 9.90 Å². The van der Waals surface area contributed by atoms with Crippen molar-refractivity contribution in [1.82, 2.24) is 5.32 Å². The van der Waals surface area contributed by atoms with Crippen LogP contribution >= 0.6 is 0 Å². The number of hydrogen-bond donors (Lipinski definition) is 2. The highest BCUT2D eigenvalue weighted by Crippen LogP contribution is 2.27. The maximum absolute atomic E-state index is 12.1. The highest BCUT2D eigenvalue weighted by molar-refractivity contribution is 5.95. The van der Waals surface area contributed by atoms with E-state index in [4.69, 9.17) is 4.74 Å². The molecule has 4 nitrogen and oxygen atoms in total. The number of aliphatic hydroxyl groups is 1. The highest BCUT2D eigenvalue weighted by atomic mass is 16.5. The van der Waals surface area contributed by atoms with E-state index >= 15 is 0 Å². The van der Waals surface area contributed by atoms with E-state index < -0.39 is 6.10 Å². The van der Waals surface area contributed by atoms with E-state index in [1.54, 1.807) is 19.2 Å². The second-order valence-corrected chi connectivity index (χ2v) is 5.50. The summed E-state index contributed by atoms with van der Waals surface area (Å²) in [6.45, 7) is 2.21. The molecule has 0 heterocycles. The summed E-state index contributed by atoms with van der Waals surface area (Å²) in [5, 5.41) is 12.9. The van der Waals surface area contributed by atoms with Crippen molar-refractivity contribution in [3.63, 3.8) is 0 Å². The van der Waals surface area contributed by atoms with Crippen LogP contribution in [-0.4, -0.2) is 30.8 Å². The molecule has 110 valence electrons. The number of aryl methyl sites for hydroxylation is 1. The van der Waals surface area contributed by atoms with Crippen molar-refractivity contribution in [2.75, 3.05) is 13.7 Å². The van der Waals surface area contributed by atoms with Gasteiger partial charge in [-0.15, -0.1) is 0 Å². The zero-order valence-electron chi connectivity index (χ0n) is 12.2. The van der Waals surface area contributed by atoms with Gasteiger partial charge in [0.1, 0.15) is 5.75 Å². The van der Waals surface area contributed by atoms with Crippen LogP contribution in [0.1, 0.15) is 41.6 Å². The number of carbonyl (C=O) groups excluding carboxylic acids is 1. The van der Waals surface area contributed by atoms with Gasteiger partial charge in [0.15, 0.2) is 0 Å². The molecule has 1 aliphatic carbocycles. The van der Waals surface area contributed by atoms with E-state index in [2.05, 4.69) is 5.32 Å². The Bertz CT molecular complexity index is 467. The largest absolute Gasteiger partial charge is 0.497 e. The predicted octanol–water partition coefficient (Wildman–Crippen LogP) is 2.28. The van der Waals surface area contributed by atoms with E-state index in [1.807, 2.05) is 13.0 Å². The number of methoxy groups -OCH3 is 1. The lowest BCUT2D eigenvalue weighted by molar-refractivity contribution is 0.0840. The maximum Gasteiger partial charge on any atom is 0.251 e. The fourth-order valence-corrected chi connectivity index (χ4v) is 2.82. The fourth-order valence-electron chi connectivity index (χ4n) is 2.82. The van der Waals surface area contributed by atoms with Crippen molar-refractivity contribution in [1.29, 1.82) is 0 Å². The van der Waals surface area contributed by atoms with Gasteiger partial charge in [0.05, 0.1) is 13.2 Å². The molecule has 1 aromatic rings. The first kappa shape index (κ1) is 14.9. The standard InChI is InChI=1S/C16H23NO3/c1-11-9-13(20-2)7-8-14(11)16(19)17-10-15(18)12-5-3-4-6-12/h7-9,12,15,18H,3-6,10H2,1-2H3,(H,17,19). The first-order valence-electron chi connectivity index (χ1n) is 7.22. The van der Waals surface area contributed by atoms with Crippen LogP contribution in [0.25, 0.3) is 0 Å². The lowest BCUT2D eigenvalue weighted by atomic mass is 10.0. The second-order valence-electron chi connectivity index (χ2n) is 5.50. The number of benzene rings is 1. The van der Waals surface area contributed by atoms with Crippen molar-refractivity contribution in [2.45, 2.75) is 38.7 Å². The summed E-state index contributed by atoms with van der Waals surface area (Å²) in [4.78, 5) is 12.1. The third kappa shape index (κ3) is 3.51. The molecular formula is C16H23NO3. The van der Waals surface area contributed by atoms with Crippen LogP contribution < -0.4 is 10.1 Å². The van der Waals surface area contributed by atoms with Crippen LogP contribution in [0.4, 0.5) is 0 Å². The Morgan fingerprint density at radius 1 is 1.45 bits per heavy atom. The Hall–Kier alpha value is -1.55. The molecule has 0 radical (unpaired) electrons. The fraction of sp³-hybridized carbons (Fsp3) is 0.562. The number of amides is 1. The molecule has 2 rings (SSSR count). The van der Waals surface area contributed by atoms with Gasteiger partial charge in [0, 0.05) is 12.1 Å². The molecule has 1 aromatic carbocycles. The molecule has 1 atom stereocenters. The first-order chi connectivity index (χ1) is 9.61. The lowest BCUT2D eigenvalue weighted by Crippen LogP contribution is -2.35. The zero-order chi connectivity index (χ0) is 14.5. The Balaban J connectivity index is 1.91. The molecule has 0 aromatic heterocycles. The molecule has 1 fully saturated rings. The van der Waals surface area contributed by atoms with Gasteiger partial charge in [-0.25, -0.2) is 0 Å². The number of hydrogen-bond acceptors (Lipinski definition) is 3. The Labute approximate surface area is 120 Å². The number of ether oxygens (including phenoxy) is 1. The topological polar surface area (TPSA) is 58.6 Å². The lowest BCUT2D eigenvalue weighted by Gasteiger charge is -2.18. The molecule has 4 heteroatoms. The van der Waals surface area contributed by atoms with E-state index in [1.165, 1.54) is 12.8 Å². The molecule has 2 N–H and O–H groups in total. The van der Waals surface area contributed by atoms with Gasteiger partial charge in [0.2, 0.25) is 0 Å². The molecule has 1 amide bonds. The van der Waals surface area contributed by atoms with Crippen molar-refractivity contribution in [3.8, 4) is 5.75 Å². The summed E-state index contributed by atoms with van der Waals surface area (Å²) in [6, 6.07) is 5.36. The minimum absolute atomic E-state index is 0.137. The van der Waals surface area contributed by atoms with E-state index in [0.717, 1.165) is 24.2 Å². The molecule has 0 spiro atoms. The average Bonchev–Trinajstić information content (AvgIpc) is 2.98. The summed E-state index contributed by atoms with van der Waals surface area (Å²) in [5.74, 6) is 0.944. The minimum atomic E-state index is -0.431. The summed E-state index contributed by atoms with van der Waals surface area (Å²) in [6.07, 6.45) is 4.08. The van der Waals surface area contributed by atoms with Crippen LogP contribution in [0.5, 0.6) is 5.75 Å². The molecule has 1 aliphatic rings. The molecule has 0 bridgehead atoms. The van der Waals surface area contributed by atoms with Crippen LogP contribution in [-0.2, 0) is 0 Å². The van der Waals surface area contributed by atoms with Gasteiger partial charge in [-0.2, -0.15) is 0 Å². The summed E-state index contributed by atoms with van der Waals surface area (Å²) >= 11 is 0. The average molecular weight is 277 g/mol. The van der Waals surface area contributed by atoms with Crippen molar-refractivity contribution in [3.05, 3.63) is 29.3 Å². The molecule has 20 heavy (non-hydrogen) atoms. The highest BCUT2D eigenvalue weighted by Gasteiger charge is 2.23. The third-order valence-electron chi connectivity index (χ3n) is 4.09. The van der Waals surface area contributed by atoms with Gasteiger partial charge < -0.3 is 15.2 Å². The quantitative estimate of drug-likeness (QED) is 0.868. The SMILES string of the molecule is COc1ccc(C(=O)NCC(O)C2CCCC2)c(C)c1. The van der Waals surface area contributed by atoms with Gasteiger partial charge >= 0.3 is 0 Å². The van der Waals surface area contributed by atoms with E-state index in [-0.39, 0.29) is 5.91 Å². The summed E-state index contributed by atoms with van der Waals surface area (Å²) in [7, 11) is 1.60. The molecule has 1 unspecified atom stereocenters. The number of rotatable bonds is 5. The van der Waals surface area contributed by atoms with E-state index in [0.29, 0.717) is 18.0 Å². The molecular weight excluding hydrogens is 254 g/mol. The van der Waals surface area contributed by atoms with Gasteiger partial charge in [0.25, 0.3) is 5.91 Å². The number of carbonyl (C=O) groups is 1. The summed E-state index contributed by atoms with van der Waals surface area (Å²) in [5.41, 5.74) is 1.50. The van der Waals surface area contributed by atoms with Crippen LogP contribution in [0.3, 0.4) is 0 Å². The number of nitrogens with one attached hydrogen (secondary N) is 1. The smallest absolute Gasteiger partial charge is 0.251 e. The van der Waals surface area contributed by atoms with Gasteiger partial charge in [-0.05, 0) is 49.4 Å². The van der Waals surface area contributed by atoms with Gasteiger partial charge in [-0.3, -0.25) is 4.79 Å². The van der Waals surface area contributed by atoms with Crippen molar-refractivity contribution in [2.24, 2.45) is 5.92 Å². The Morgan fingerprint density at radius 2 is 2.15 bits per heavy atom. The first-order valence-corrected chi connectivity index (χ1v) is 7.22. The normalized spacial score (nSPS) is 16.9. The van der Waals surface area contributed by atoms with Crippen molar-refractivity contribution < 1.29 is 14.6 Å². The third-order valence-corrected chi connectivity index (χ3v) is 4.09. The molecule has 0 aliphatic heterocycles. The van der Waals surface area contributed by atoms with Crippen LogP contribution in [0, 0.1) is 12.8 Å². The van der Waals surface area contributed by atoms with Gasteiger partial charge in [-0.1, -0.05) is 12.8 Å². The Kier molecular flexibility index (Phi) is 5.01. The molecule has 0 saturated heterocycles. The monoisotopic (exact) mass is 277 g/mol. The zero-order valence-corrected chi connectivity index (χ0v) is 12.2. The summed E-state index contributed by atoms with van der Waals surface area (Å²) < 4.78 is 5.12. The minimum Gasteiger partial charge on any atom is -0.497 e. The van der Waals surface area contributed by atoms with Crippen molar-refractivity contribution >= 4 is 5.91 Å². The maximum atomic E-state index is 12.1. The molecule has 1 saturated carbocycles. The predicted molar refractivity (Wildman–Crippen MR) is 78.0 cm³/mol. The van der Waals surface area contributed by atoms with Crippen LogP contribution in [0.2, 0.25) is 0 Å². The number of aliphatic hydroxyl groups excluding tert-OH is 1. The Morgan fingerprint density at radius 3 is 2.75 bits per heavy atom. The van der Waals surface area contributed by atoms with Crippen LogP contribution in [0.15, 0.2) is 18.2 Å².